The lowest BCUT2D eigenvalue weighted by atomic mass is 9.96. The number of anilines is 1. The van der Waals surface area contributed by atoms with Gasteiger partial charge in [0.05, 0.1) is 0 Å². The van der Waals surface area contributed by atoms with E-state index >= 15 is 0 Å². The molecule has 9 heteroatoms. The van der Waals surface area contributed by atoms with E-state index in [0.717, 1.165) is 11.0 Å². The molecule has 0 saturated carbocycles. The van der Waals surface area contributed by atoms with E-state index in [-0.39, 0.29) is 23.1 Å². The van der Waals surface area contributed by atoms with E-state index in [2.05, 4.69) is 23.7 Å². The van der Waals surface area contributed by atoms with Gasteiger partial charge in [0.1, 0.15) is 0 Å². The van der Waals surface area contributed by atoms with E-state index in [1.54, 1.807) is 7.05 Å². The number of carbonyl (C=O) groups is 1. The van der Waals surface area contributed by atoms with Crippen molar-refractivity contribution in [2.45, 2.75) is 39.7 Å². The second-order valence-corrected chi connectivity index (χ2v) is 7.79. The predicted octanol–water partition coefficient (Wildman–Crippen LogP) is 0.182. The third kappa shape index (κ3) is 3.38. The molecule has 3 heterocycles. The van der Waals surface area contributed by atoms with Gasteiger partial charge in [0.15, 0.2) is 11.2 Å². The molecular formula is C18H28N6O3. The molecule has 0 bridgehead atoms. The van der Waals surface area contributed by atoms with E-state index in [0.29, 0.717) is 55.5 Å². The lowest BCUT2D eigenvalue weighted by molar-refractivity contribution is -0.122. The van der Waals surface area contributed by atoms with Crippen LogP contribution in [-0.4, -0.2) is 37.7 Å². The van der Waals surface area contributed by atoms with Crippen molar-refractivity contribution in [3.8, 4) is 0 Å². The fraction of sp³-hybridized carbons (Fsp3) is 0.667. The Labute approximate surface area is 157 Å². The van der Waals surface area contributed by atoms with Crippen molar-refractivity contribution in [3.05, 3.63) is 20.8 Å². The molecule has 1 saturated heterocycles. The monoisotopic (exact) mass is 376 g/mol. The van der Waals surface area contributed by atoms with Crippen LogP contribution < -0.4 is 21.9 Å². The second kappa shape index (κ2) is 7.21. The summed E-state index contributed by atoms with van der Waals surface area (Å²) in [4.78, 5) is 43.3. The maximum absolute atomic E-state index is 12.8. The molecule has 0 aliphatic carbocycles. The Bertz CT molecular complexity index is 976. The van der Waals surface area contributed by atoms with E-state index in [9.17, 15) is 14.4 Å². The SMILES string of the molecule is CC(C)CCn1c(N2CCC(C(N)=O)CC2)nc2c1c(=O)n(C)c(=O)n2C. The molecule has 2 aromatic rings. The molecule has 0 atom stereocenters. The highest BCUT2D eigenvalue weighted by molar-refractivity contribution is 5.77. The Balaban J connectivity index is 2.11. The van der Waals surface area contributed by atoms with Crippen molar-refractivity contribution < 1.29 is 4.79 Å². The Morgan fingerprint density at radius 2 is 1.81 bits per heavy atom. The molecule has 0 unspecified atom stereocenters. The van der Waals surface area contributed by atoms with Crippen LogP contribution in [0.25, 0.3) is 11.2 Å². The molecule has 148 valence electrons. The highest BCUT2D eigenvalue weighted by Crippen LogP contribution is 2.26. The lowest BCUT2D eigenvalue weighted by Gasteiger charge is -2.31. The molecule has 1 aliphatic heterocycles. The summed E-state index contributed by atoms with van der Waals surface area (Å²) in [7, 11) is 3.12. The lowest BCUT2D eigenvalue weighted by Crippen LogP contribution is -2.40. The van der Waals surface area contributed by atoms with Crippen molar-refractivity contribution in [3.63, 3.8) is 0 Å². The average molecular weight is 376 g/mol. The van der Waals surface area contributed by atoms with Crippen LogP contribution in [0.4, 0.5) is 5.95 Å². The Kier molecular flexibility index (Phi) is 5.12. The minimum absolute atomic E-state index is 0.119. The predicted molar refractivity (Wildman–Crippen MR) is 104 cm³/mol. The molecular weight excluding hydrogens is 348 g/mol. The van der Waals surface area contributed by atoms with Crippen LogP contribution in [0.2, 0.25) is 0 Å². The molecule has 1 amide bonds. The highest BCUT2D eigenvalue weighted by Gasteiger charge is 2.28. The van der Waals surface area contributed by atoms with Gasteiger partial charge in [-0.1, -0.05) is 13.8 Å². The smallest absolute Gasteiger partial charge is 0.332 e. The quantitative estimate of drug-likeness (QED) is 0.801. The van der Waals surface area contributed by atoms with Crippen LogP contribution in [0.3, 0.4) is 0 Å². The van der Waals surface area contributed by atoms with Gasteiger partial charge in [-0.05, 0) is 25.2 Å². The number of imidazole rings is 1. The van der Waals surface area contributed by atoms with Crippen LogP contribution >= 0.6 is 0 Å². The summed E-state index contributed by atoms with van der Waals surface area (Å²) < 4.78 is 4.48. The Hall–Kier alpha value is -2.58. The van der Waals surface area contributed by atoms with Gasteiger partial charge in [-0.15, -0.1) is 0 Å². The third-order valence-corrected chi connectivity index (χ3v) is 5.44. The summed E-state index contributed by atoms with van der Waals surface area (Å²) in [6.45, 7) is 6.20. The molecule has 1 fully saturated rings. The maximum atomic E-state index is 12.8. The van der Waals surface area contributed by atoms with Gasteiger partial charge in [0, 0.05) is 39.6 Å². The van der Waals surface area contributed by atoms with E-state index < -0.39 is 0 Å². The zero-order valence-electron chi connectivity index (χ0n) is 16.4. The summed E-state index contributed by atoms with van der Waals surface area (Å²) in [5.74, 6) is 0.769. The zero-order chi connectivity index (χ0) is 19.9. The number of carbonyl (C=O) groups excluding carboxylic acids is 1. The molecule has 0 spiro atoms. The second-order valence-electron chi connectivity index (χ2n) is 7.79. The molecule has 3 rings (SSSR count). The minimum atomic E-state index is -0.389. The van der Waals surface area contributed by atoms with Gasteiger partial charge in [0.25, 0.3) is 5.56 Å². The number of nitrogens with two attached hydrogens (primary N) is 1. The van der Waals surface area contributed by atoms with Gasteiger partial charge >= 0.3 is 5.69 Å². The standard InChI is InChI=1S/C18H28N6O3/c1-11(2)5-10-24-13-15(21(3)18(27)22(4)16(13)26)20-17(24)23-8-6-12(7-9-23)14(19)25/h11-12H,5-10H2,1-4H3,(H2,19,25). The number of aromatic nitrogens is 4. The van der Waals surface area contributed by atoms with Gasteiger partial charge < -0.3 is 15.2 Å². The van der Waals surface area contributed by atoms with Crippen molar-refractivity contribution in [1.29, 1.82) is 0 Å². The van der Waals surface area contributed by atoms with Crippen LogP contribution in [0.5, 0.6) is 0 Å². The van der Waals surface area contributed by atoms with Gasteiger partial charge in [-0.2, -0.15) is 4.98 Å². The number of fused-ring (bicyclic) bond motifs is 1. The van der Waals surface area contributed by atoms with Gasteiger partial charge in [-0.25, -0.2) is 4.79 Å². The van der Waals surface area contributed by atoms with Gasteiger partial charge in [0.2, 0.25) is 11.9 Å². The average Bonchev–Trinajstić information content (AvgIpc) is 3.02. The number of amides is 1. The van der Waals surface area contributed by atoms with Crippen molar-refractivity contribution in [2.75, 3.05) is 18.0 Å². The zero-order valence-corrected chi connectivity index (χ0v) is 16.4. The maximum Gasteiger partial charge on any atom is 0.332 e. The van der Waals surface area contributed by atoms with Crippen LogP contribution in [-0.2, 0) is 25.4 Å². The number of nitrogens with zero attached hydrogens (tertiary/aromatic N) is 5. The summed E-state index contributed by atoms with van der Waals surface area (Å²) in [6.07, 6.45) is 2.22. The Morgan fingerprint density at radius 3 is 2.37 bits per heavy atom. The number of aryl methyl sites for hydroxylation is 2. The summed E-state index contributed by atoms with van der Waals surface area (Å²) >= 11 is 0. The molecule has 2 aromatic heterocycles. The molecule has 0 radical (unpaired) electrons. The van der Waals surface area contributed by atoms with E-state index in [1.807, 2.05) is 4.57 Å². The number of piperidine rings is 1. The summed E-state index contributed by atoms with van der Waals surface area (Å²) in [6, 6.07) is 0. The molecule has 9 nitrogen and oxygen atoms in total. The van der Waals surface area contributed by atoms with Crippen molar-refractivity contribution in [1.82, 2.24) is 18.7 Å². The number of primary amides is 1. The van der Waals surface area contributed by atoms with Gasteiger partial charge in [-0.3, -0.25) is 18.7 Å². The normalized spacial score (nSPS) is 15.8. The number of hydrogen-bond donors (Lipinski definition) is 1. The number of rotatable bonds is 5. The number of hydrogen-bond acceptors (Lipinski definition) is 5. The minimum Gasteiger partial charge on any atom is -0.369 e. The summed E-state index contributed by atoms with van der Waals surface area (Å²) in [5.41, 5.74) is 5.57. The highest BCUT2D eigenvalue weighted by atomic mass is 16.2. The third-order valence-electron chi connectivity index (χ3n) is 5.44. The van der Waals surface area contributed by atoms with E-state index in [1.165, 1.54) is 11.6 Å². The first kappa shape index (κ1) is 19.2. The van der Waals surface area contributed by atoms with Crippen LogP contribution in [0, 0.1) is 11.8 Å². The molecule has 27 heavy (non-hydrogen) atoms. The summed E-state index contributed by atoms with van der Waals surface area (Å²) in [5, 5.41) is 0. The molecule has 1 aliphatic rings. The van der Waals surface area contributed by atoms with Crippen molar-refractivity contribution in [2.24, 2.45) is 31.7 Å². The topological polar surface area (TPSA) is 108 Å². The Morgan fingerprint density at radius 1 is 1.19 bits per heavy atom. The van der Waals surface area contributed by atoms with Crippen molar-refractivity contribution >= 4 is 23.0 Å². The van der Waals surface area contributed by atoms with Crippen LogP contribution in [0.1, 0.15) is 33.1 Å². The first-order valence-corrected chi connectivity index (χ1v) is 9.42. The van der Waals surface area contributed by atoms with Crippen LogP contribution in [0.15, 0.2) is 9.59 Å². The molecule has 0 aromatic carbocycles. The molecule has 2 N–H and O–H groups in total. The first-order valence-electron chi connectivity index (χ1n) is 9.42. The van der Waals surface area contributed by atoms with E-state index in [4.69, 9.17) is 5.73 Å². The largest absolute Gasteiger partial charge is 0.369 e. The fourth-order valence-corrected chi connectivity index (χ4v) is 3.64. The first-order chi connectivity index (χ1) is 12.7. The fourth-order valence-electron chi connectivity index (χ4n) is 3.64.